The third kappa shape index (κ3) is 4.27. The molecule has 0 bridgehead atoms. The molecule has 1 aromatic carbocycles. The van der Waals surface area contributed by atoms with Gasteiger partial charge in [-0.15, -0.1) is 0 Å². The molecule has 8 heteroatoms. The number of likely N-dealkylation sites (tertiary alicyclic amines) is 1. The summed E-state index contributed by atoms with van der Waals surface area (Å²) in [4.78, 5) is 21.8. The van der Waals surface area contributed by atoms with Crippen molar-refractivity contribution in [1.29, 1.82) is 0 Å². The Bertz CT molecular complexity index is 715. The normalized spacial score (nSPS) is 16.9. The minimum absolute atomic E-state index is 0.0806. The molecule has 1 aliphatic heterocycles. The van der Waals surface area contributed by atoms with Gasteiger partial charge in [0.2, 0.25) is 5.88 Å². The molecule has 6 nitrogen and oxygen atoms in total. The number of amides is 1. The monoisotopic (exact) mass is 367 g/mol. The van der Waals surface area contributed by atoms with Crippen molar-refractivity contribution in [2.45, 2.75) is 12.5 Å². The average Bonchev–Trinajstić information content (AvgIpc) is 3.03. The van der Waals surface area contributed by atoms with Gasteiger partial charge in [0.1, 0.15) is 18.2 Å². The van der Waals surface area contributed by atoms with Crippen molar-refractivity contribution >= 4 is 29.1 Å². The number of benzene rings is 1. The number of ether oxygens (including phenoxy) is 2. The maximum atomic E-state index is 12.2. The second-order valence-corrected chi connectivity index (χ2v) is 6.12. The number of nitrogens with zero attached hydrogens (tertiary/aromatic N) is 3. The average molecular weight is 368 g/mol. The van der Waals surface area contributed by atoms with Gasteiger partial charge in [-0.05, 0) is 18.2 Å². The van der Waals surface area contributed by atoms with E-state index in [-0.39, 0.29) is 18.6 Å². The first-order valence-corrected chi connectivity index (χ1v) is 8.16. The van der Waals surface area contributed by atoms with E-state index in [9.17, 15) is 4.79 Å². The van der Waals surface area contributed by atoms with Gasteiger partial charge < -0.3 is 14.4 Å². The van der Waals surface area contributed by atoms with Gasteiger partial charge in [-0.2, -0.15) is 0 Å². The molecule has 2 aromatic rings. The van der Waals surface area contributed by atoms with Crippen LogP contribution < -0.4 is 9.47 Å². The predicted molar refractivity (Wildman–Crippen MR) is 89.6 cm³/mol. The second-order valence-electron chi connectivity index (χ2n) is 5.28. The topological polar surface area (TPSA) is 64.5 Å². The molecule has 1 fully saturated rings. The van der Waals surface area contributed by atoms with Crippen molar-refractivity contribution in [2.24, 2.45) is 0 Å². The zero-order chi connectivity index (χ0) is 16.9. The molecule has 2 heterocycles. The summed E-state index contributed by atoms with van der Waals surface area (Å²) in [6, 6.07) is 6.57. The molecule has 0 N–H and O–H groups in total. The third-order valence-electron chi connectivity index (χ3n) is 3.59. The summed E-state index contributed by atoms with van der Waals surface area (Å²) in [7, 11) is 0. The van der Waals surface area contributed by atoms with Crippen molar-refractivity contribution in [1.82, 2.24) is 14.9 Å². The zero-order valence-electron chi connectivity index (χ0n) is 12.7. The van der Waals surface area contributed by atoms with Crippen molar-refractivity contribution < 1.29 is 14.3 Å². The van der Waals surface area contributed by atoms with E-state index in [2.05, 4.69) is 9.97 Å². The molecule has 0 saturated carbocycles. The first-order valence-electron chi connectivity index (χ1n) is 7.40. The van der Waals surface area contributed by atoms with Gasteiger partial charge >= 0.3 is 0 Å². The summed E-state index contributed by atoms with van der Waals surface area (Å²) < 4.78 is 11.2. The lowest BCUT2D eigenvalue weighted by atomic mass is 10.3. The maximum absolute atomic E-state index is 12.2. The fourth-order valence-electron chi connectivity index (χ4n) is 2.39. The molecule has 126 valence electrons. The SMILES string of the molecule is O=C(COc1ccc(Cl)cc1Cl)N1CCC(Oc2ccncn2)C1. The number of carbonyl (C=O) groups excluding carboxylic acids is 1. The van der Waals surface area contributed by atoms with E-state index in [4.69, 9.17) is 32.7 Å². The van der Waals surface area contributed by atoms with Crippen LogP contribution in [0.1, 0.15) is 6.42 Å². The van der Waals surface area contributed by atoms with Crippen molar-refractivity contribution in [3.63, 3.8) is 0 Å². The van der Waals surface area contributed by atoms with Crippen molar-refractivity contribution in [3.8, 4) is 11.6 Å². The molecule has 1 amide bonds. The van der Waals surface area contributed by atoms with E-state index in [0.29, 0.717) is 34.8 Å². The number of aromatic nitrogens is 2. The highest BCUT2D eigenvalue weighted by molar-refractivity contribution is 6.35. The lowest BCUT2D eigenvalue weighted by Gasteiger charge is -2.17. The number of halogens is 2. The largest absolute Gasteiger partial charge is 0.482 e. The highest BCUT2D eigenvalue weighted by atomic mass is 35.5. The molecule has 0 spiro atoms. The lowest BCUT2D eigenvalue weighted by Crippen LogP contribution is -2.34. The van der Waals surface area contributed by atoms with Crippen LogP contribution in [0, 0.1) is 0 Å². The van der Waals surface area contributed by atoms with E-state index >= 15 is 0 Å². The van der Waals surface area contributed by atoms with E-state index in [1.165, 1.54) is 6.33 Å². The molecule has 1 saturated heterocycles. The van der Waals surface area contributed by atoms with Crippen LogP contribution in [0.2, 0.25) is 10.0 Å². The molecule has 1 unspecified atom stereocenters. The van der Waals surface area contributed by atoms with Crippen LogP contribution in [0.3, 0.4) is 0 Å². The summed E-state index contributed by atoms with van der Waals surface area (Å²) >= 11 is 11.8. The van der Waals surface area contributed by atoms with Gasteiger partial charge in [-0.1, -0.05) is 23.2 Å². The van der Waals surface area contributed by atoms with Crippen LogP contribution in [0.25, 0.3) is 0 Å². The smallest absolute Gasteiger partial charge is 0.260 e. The molecule has 0 aliphatic carbocycles. The van der Waals surface area contributed by atoms with Crippen molar-refractivity contribution in [3.05, 3.63) is 46.8 Å². The fourth-order valence-corrected chi connectivity index (χ4v) is 2.86. The Hall–Kier alpha value is -2.05. The van der Waals surface area contributed by atoms with Crippen molar-refractivity contribution in [2.75, 3.05) is 19.7 Å². The molecule has 0 radical (unpaired) electrons. The summed E-state index contributed by atoms with van der Waals surface area (Å²) in [6.07, 6.45) is 3.71. The lowest BCUT2D eigenvalue weighted by molar-refractivity contribution is -0.132. The van der Waals surface area contributed by atoms with E-state index in [1.54, 1.807) is 35.4 Å². The van der Waals surface area contributed by atoms with Gasteiger partial charge in [0, 0.05) is 30.3 Å². The molecular formula is C16H15Cl2N3O3. The summed E-state index contributed by atoms with van der Waals surface area (Å²) in [5, 5.41) is 0.893. The number of hydrogen-bond acceptors (Lipinski definition) is 5. The number of hydrogen-bond donors (Lipinski definition) is 0. The summed E-state index contributed by atoms with van der Waals surface area (Å²) in [5.74, 6) is 0.825. The van der Waals surface area contributed by atoms with Crippen LogP contribution >= 0.6 is 23.2 Å². The first-order chi connectivity index (χ1) is 11.6. The number of carbonyl (C=O) groups is 1. The molecule has 1 aliphatic rings. The van der Waals surface area contributed by atoms with Crippen LogP contribution in [-0.2, 0) is 4.79 Å². The van der Waals surface area contributed by atoms with Crippen LogP contribution in [0.4, 0.5) is 0 Å². The van der Waals surface area contributed by atoms with Crippen LogP contribution in [-0.4, -0.2) is 46.6 Å². The molecular weight excluding hydrogens is 353 g/mol. The van der Waals surface area contributed by atoms with Crippen LogP contribution in [0.15, 0.2) is 36.8 Å². The molecule has 24 heavy (non-hydrogen) atoms. The number of rotatable bonds is 5. The highest BCUT2D eigenvalue weighted by Gasteiger charge is 2.28. The van der Waals surface area contributed by atoms with E-state index in [0.717, 1.165) is 6.42 Å². The Labute approximate surface area is 149 Å². The molecule has 1 atom stereocenters. The highest BCUT2D eigenvalue weighted by Crippen LogP contribution is 2.27. The predicted octanol–water partition coefficient (Wildman–Crippen LogP) is 2.84. The quantitative estimate of drug-likeness (QED) is 0.812. The van der Waals surface area contributed by atoms with Crippen LogP contribution in [0.5, 0.6) is 11.6 Å². The van der Waals surface area contributed by atoms with Gasteiger partial charge in [-0.25, -0.2) is 9.97 Å². The van der Waals surface area contributed by atoms with Gasteiger partial charge in [0.05, 0.1) is 11.6 Å². The second kappa shape index (κ2) is 7.68. The zero-order valence-corrected chi connectivity index (χ0v) is 14.2. The minimum atomic E-state index is -0.116. The molecule has 3 rings (SSSR count). The standard InChI is InChI=1S/C16H15Cl2N3O3/c17-11-1-2-14(13(18)7-11)23-9-16(22)21-6-4-12(8-21)24-15-3-5-19-10-20-15/h1-3,5,7,10,12H,4,6,8-9H2. The first kappa shape index (κ1) is 16.8. The Balaban J connectivity index is 1.49. The maximum Gasteiger partial charge on any atom is 0.260 e. The molecule has 1 aromatic heterocycles. The Morgan fingerprint density at radius 3 is 2.96 bits per heavy atom. The Kier molecular flexibility index (Phi) is 5.37. The van der Waals surface area contributed by atoms with E-state index in [1.807, 2.05) is 0 Å². The Morgan fingerprint density at radius 1 is 1.33 bits per heavy atom. The van der Waals surface area contributed by atoms with Gasteiger partial charge in [-0.3, -0.25) is 4.79 Å². The third-order valence-corrected chi connectivity index (χ3v) is 4.12. The summed E-state index contributed by atoms with van der Waals surface area (Å²) in [5.41, 5.74) is 0. The van der Waals surface area contributed by atoms with Gasteiger partial charge in [0.25, 0.3) is 5.91 Å². The minimum Gasteiger partial charge on any atom is -0.482 e. The fraction of sp³-hybridized carbons (Fsp3) is 0.312. The van der Waals surface area contributed by atoms with E-state index < -0.39 is 0 Å². The van der Waals surface area contributed by atoms with Gasteiger partial charge in [0.15, 0.2) is 6.61 Å². The summed E-state index contributed by atoms with van der Waals surface area (Å²) in [6.45, 7) is 1.04. The Morgan fingerprint density at radius 2 is 2.21 bits per heavy atom.